The predicted octanol–water partition coefficient (Wildman–Crippen LogP) is 1.96. The first-order valence-electron chi connectivity index (χ1n) is 4.37. The maximum atomic E-state index is 11.4. The van der Waals surface area contributed by atoms with Gasteiger partial charge in [-0.05, 0) is 25.7 Å². The summed E-state index contributed by atoms with van der Waals surface area (Å²) in [6, 6.07) is 0.481. The van der Waals surface area contributed by atoms with E-state index < -0.39 is 0 Å². The van der Waals surface area contributed by atoms with Crippen LogP contribution < -0.4 is 0 Å². The van der Waals surface area contributed by atoms with Gasteiger partial charge in [0.1, 0.15) is 0 Å². The van der Waals surface area contributed by atoms with E-state index in [0.717, 1.165) is 25.7 Å². The second kappa shape index (κ2) is 2.92. The van der Waals surface area contributed by atoms with Crippen LogP contribution in [0.4, 0.5) is 0 Å². The minimum absolute atomic E-state index is 0.241. The zero-order valence-electron chi connectivity index (χ0n) is 6.50. The summed E-state index contributed by atoms with van der Waals surface area (Å²) < 4.78 is 0. The molecule has 2 saturated heterocycles. The molecule has 2 rings (SSSR count). The largest absolute Gasteiger partial charge is 0.149 e. The van der Waals surface area contributed by atoms with Crippen molar-refractivity contribution >= 4 is 11.6 Å². The fourth-order valence-electron chi connectivity index (χ4n) is 2.27. The van der Waals surface area contributed by atoms with Crippen LogP contribution in [0.5, 0.6) is 0 Å². The third-order valence-corrected chi connectivity index (χ3v) is 3.21. The summed E-state index contributed by atoms with van der Waals surface area (Å²) in [6.45, 7) is 0. The Morgan fingerprint density at radius 1 is 1.18 bits per heavy atom. The number of hydrogen-bond donors (Lipinski definition) is 0. The second-order valence-corrected chi connectivity index (χ2v) is 4.28. The van der Waals surface area contributed by atoms with E-state index in [1.807, 2.05) is 0 Å². The van der Waals surface area contributed by atoms with Crippen LogP contribution >= 0.6 is 11.6 Å². The first kappa shape index (κ1) is 7.84. The van der Waals surface area contributed by atoms with Crippen LogP contribution in [-0.2, 0) is 5.21 Å². The molecule has 11 heavy (non-hydrogen) atoms. The summed E-state index contributed by atoms with van der Waals surface area (Å²) in [4.78, 5) is 0. The van der Waals surface area contributed by atoms with Crippen molar-refractivity contribution in [2.75, 3.05) is 0 Å². The molecule has 3 heteroatoms. The van der Waals surface area contributed by atoms with Gasteiger partial charge in [0.05, 0.1) is 0 Å². The highest BCUT2D eigenvalue weighted by molar-refractivity contribution is 6.20. The topological polar surface area (TPSA) is 23.1 Å². The lowest BCUT2D eigenvalue weighted by atomic mass is 9.86. The molecule has 0 saturated carbocycles. The number of nitrogens with zero attached hydrogens (tertiary/aromatic N) is 1. The molecule has 2 aliphatic heterocycles. The van der Waals surface area contributed by atoms with E-state index in [2.05, 4.69) is 0 Å². The summed E-state index contributed by atoms with van der Waals surface area (Å²) in [6.07, 6.45) is 5.15. The van der Waals surface area contributed by atoms with E-state index in [1.54, 1.807) is 0 Å². The van der Waals surface area contributed by atoms with Gasteiger partial charge in [0.15, 0.2) is 0 Å². The monoisotopic (exact) mass is 174 g/mol. The molecule has 2 nitrogen and oxygen atoms in total. The summed E-state index contributed by atoms with van der Waals surface area (Å²) in [5.74, 6) is 0. The van der Waals surface area contributed by atoms with Crippen LogP contribution in [-0.4, -0.2) is 22.5 Å². The average Bonchev–Trinajstić information content (AvgIpc) is 1.92. The molecule has 0 aromatic heterocycles. The highest BCUT2D eigenvalue weighted by Crippen LogP contribution is 2.34. The Labute approximate surface area is 72.1 Å². The van der Waals surface area contributed by atoms with Gasteiger partial charge >= 0.3 is 0 Å². The van der Waals surface area contributed by atoms with Gasteiger partial charge in [0.25, 0.3) is 0 Å². The van der Waals surface area contributed by atoms with Crippen LogP contribution in [0, 0.1) is 0 Å². The van der Waals surface area contributed by atoms with Gasteiger partial charge in [-0.1, -0.05) is 6.42 Å². The number of hydroxylamine groups is 2. The first-order chi connectivity index (χ1) is 5.27. The van der Waals surface area contributed by atoms with Gasteiger partial charge in [-0.15, -0.1) is 21.9 Å². The SMILES string of the molecule is [O]N1[C@@H]2CCC[C@H]1CC(Cl)C2. The van der Waals surface area contributed by atoms with Gasteiger partial charge in [-0.2, -0.15) is 0 Å². The number of alkyl halides is 1. The van der Waals surface area contributed by atoms with Crippen molar-refractivity contribution < 1.29 is 5.21 Å². The standard InChI is InChI=1S/C8H13ClNO/c9-6-4-7-2-1-3-8(5-6)10(7)11/h6-8H,1-5H2/t6?,7-,8+. The molecule has 0 N–H and O–H groups in total. The Balaban J connectivity index is 2.07. The Kier molecular flexibility index (Phi) is 2.08. The fourth-order valence-corrected chi connectivity index (χ4v) is 2.68. The van der Waals surface area contributed by atoms with Crippen LogP contribution in [0.2, 0.25) is 0 Å². The molecule has 63 valence electrons. The quantitative estimate of drug-likeness (QED) is 0.515. The Morgan fingerprint density at radius 3 is 2.27 bits per heavy atom. The number of rotatable bonds is 0. The molecule has 1 unspecified atom stereocenters. The Morgan fingerprint density at radius 2 is 1.73 bits per heavy atom. The van der Waals surface area contributed by atoms with E-state index in [4.69, 9.17) is 11.6 Å². The summed E-state index contributed by atoms with van der Waals surface area (Å²) in [5.41, 5.74) is 0. The predicted molar refractivity (Wildman–Crippen MR) is 42.8 cm³/mol. The van der Waals surface area contributed by atoms with E-state index >= 15 is 0 Å². The molecule has 2 heterocycles. The van der Waals surface area contributed by atoms with Crippen molar-refractivity contribution in [2.24, 2.45) is 0 Å². The zero-order valence-corrected chi connectivity index (χ0v) is 7.26. The maximum Gasteiger partial charge on any atom is 0.0400 e. The van der Waals surface area contributed by atoms with E-state index in [1.165, 1.54) is 11.5 Å². The average molecular weight is 175 g/mol. The summed E-state index contributed by atoms with van der Waals surface area (Å²) in [5, 5.41) is 13.0. The molecule has 2 bridgehead atoms. The highest BCUT2D eigenvalue weighted by atomic mass is 35.5. The van der Waals surface area contributed by atoms with Gasteiger partial charge in [-0.3, -0.25) is 0 Å². The second-order valence-electron chi connectivity index (χ2n) is 3.67. The maximum absolute atomic E-state index is 11.4. The number of fused-ring (bicyclic) bond motifs is 2. The molecule has 1 radical (unpaired) electrons. The van der Waals surface area contributed by atoms with Crippen molar-refractivity contribution in [2.45, 2.75) is 49.6 Å². The van der Waals surface area contributed by atoms with Gasteiger partial charge in [-0.25, -0.2) is 0 Å². The number of piperidine rings is 2. The van der Waals surface area contributed by atoms with Gasteiger partial charge in [0.2, 0.25) is 0 Å². The molecule has 2 fully saturated rings. The van der Waals surface area contributed by atoms with Crippen molar-refractivity contribution in [3.05, 3.63) is 0 Å². The highest BCUT2D eigenvalue weighted by Gasteiger charge is 2.37. The van der Waals surface area contributed by atoms with Crippen LogP contribution in [0.25, 0.3) is 0 Å². The van der Waals surface area contributed by atoms with Crippen LogP contribution in [0.3, 0.4) is 0 Å². The van der Waals surface area contributed by atoms with Crippen molar-refractivity contribution in [3.63, 3.8) is 0 Å². The molecule has 0 aromatic rings. The third kappa shape index (κ3) is 1.40. The molecule has 0 spiro atoms. The van der Waals surface area contributed by atoms with Crippen molar-refractivity contribution in [1.82, 2.24) is 5.06 Å². The minimum atomic E-state index is 0.241. The van der Waals surface area contributed by atoms with Crippen LogP contribution in [0.15, 0.2) is 0 Å². The lowest BCUT2D eigenvalue weighted by molar-refractivity contribution is -0.242. The number of hydrogen-bond acceptors (Lipinski definition) is 1. The van der Waals surface area contributed by atoms with Gasteiger partial charge < -0.3 is 0 Å². The van der Waals surface area contributed by atoms with E-state index in [9.17, 15) is 5.21 Å². The first-order valence-corrected chi connectivity index (χ1v) is 4.80. The third-order valence-electron chi connectivity index (χ3n) is 2.85. The van der Waals surface area contributed by atoms with Crippen molar-refractivity contribution in [3.8, 4) is 0 Å². The zero-order chi connectivity index (χ0) is 7.84. The van der Waals surface area contributed by atoms with E-state index in [0.29, 0.717) is 0 Å². The molecule has 3 atom stereocenters. The van der Waals surface area contributed by atoms with Crippen LogP contribution in [0.1, 0.15) is 32.1 Å². The molecular formula is C8H13ClNO. The molecular weight excluding hydrogens is 162 g/mol. The lowest BCUT2D eigenvalue weighted by Crippen LogP contribution is -2.49. The van der Waals surface area contributed by atoms with Gasteiger partial charge in [0, 0.05) is 17.5 Å². The smallest absolute Gasteiger partial charge is 0.0400 e. The Hall–Kier alpha value is 0.210. The molecule has 0 aromatic carbocycles. The molecule has 0 amide bonds. The lowest BCUT2D eigenvalue weighted by Gasteiger charge is -2.41. The molecule has 2 aliphatic rings. The molecule has 0 aliphatic carbocycles. The number of halogens is 1. The normalized spacial score (nSPS) is 45.8. The summed E-state index contributed by atoms with van der Waals surface area (Å²) >= 11 is 6.02. The minimum Gasteiger partial charge on any atom is -0.149 e. The van der Waals surface area contributed by atoms with E-state index in [-0.39, 0.29) is 17.5 Å². The Bertz CT molecular complexity index is 139. The van der Waals surface area contributed by atoms with Crippen molar-refractivity contribution in [1.29, 1.82) is 0 Å². The summed E-state index contributed by atoms with van der Waals surface area (Å²) in [7, 11) is 0. The fraction of sp³-hybridized carbons (Fsp3) is 1.00.